The molecular weight excluding hydrogens is 342 g/mol. The third kappa shape index (κ3) is 4.24. The van der Waals surface area contributed by atoms with E-state index < -0.39 is 0 Å². The largest absolute Gasteiger partial charge is 0.361 e. The van der Waals surface area contributed by atoms with Crippen molar-refractivity contribution >= 4 is 5.91 Å². The lowest BCUT2D eigenvalue weighted by molar-refractivity contribution is -0.121. The van der Waals surface area contributed by atoms with Gasteiger partial charge in [-0.15, -0.1) is 0 Å². The highest BCUT2D eigenvalue weighted by Crippen LogP contribution is 2.17. The van der Waals surface area contributed by atoms with Gasteiger partial charge in [-0.1, -0.05) is 11.2 Å². The van der Waals surface area contributed by atoms with Gasteiger partial charge in [-0.2, -0.15) is 5.10 Å². The molecular formula is C20H25N5O2. The highest BCUT2D eigenvalue weighted by molar-refractivity contribution is 5.76. The van der Waals surface area contributed by atoms with Crippen LogP contribution in [-0.4, -0.2) is 32.4 Å². The maximum absolute atomic E-state index is 12.2. The van der Waals surface area contributed by atoms with E-state index >= 15 is 0 Å². The van der Waals surface area contributed by atoms with Crippen molar-refractivity contribution in [2.24, 2.45) is 0 Å². The first kappa shape index (κ1) is 18.8. The SMILES string of the molecule is Cc1noc(C)c1CCC(=O)NCCc1c(C)nn(-c2ccccn2)c1C. The molecule has 0 aliphatic rings. The Hall–Kier alpha value is -2.96. The molecule has 0 radical (unpaired) electrons. The summed E-state index contributed by atoms with van der Waals surface area (Å²) in [6, 6.07) is 5.76. The number of aromatic nitrogens is 4. The topological polar surface area (TPSA) is 85.8 Å². The van der Waals surface area contributed by atoms with Crippen LogP contribution in [0.2, 0.25) is 0 Å². The molecule has 1 N–H and O–H groups in total. The number of nitrogens with zero attached hydrogens (tertiary/aromatic N) is 4. The Morgan fingerprint density at radius 2 is 1.93 bits per heavy atom. The van der Waals surface area contributed by atoms with Crippen LogP contribution in [0, 0.1) is 27.7 Å². The van der Waals surface area contributed by atoms with Gasteiger partial charge in [0.1, 0.15) is 5.76 Å². The molecule has 0 spiro atoms. The maximum Gasteiger partial charge on any atom is 0.220 e. The Kier molecular flexibility index (Phi) is 5.69. The summed E-state index contributed by atoms with van der Waals surface area (Å²) < 4.78 is 6.99. The van der Waals surface area contributed by atoms with Crippen LogP contribution in [0.25, 0.3) is 5.82 Å². The minimum atomic E-state index is 0.0300. The second-order valence-electron chi connectivity index (χ2n) is 6.65. The van der Waals surface area contributed by atoms with Crippen LogP contribution in [0.5, 0.6) is 0 Å². The summed E-state index contributed by atoms with van der Waals surface area (Å²) >= 11 is 0. The zero-order chi connectivity index (χ0) is 19.4. The summed E-state index contributed by atoms with van der Waals surface area (Å²) in [5, 5.41) is 11.5. The van der Waals surface area contributed by atoms with Gasteiger partial charge >= 0.3 is 0 Å². The first-order valence-electron chi connectivity index (χ1n) is 9.12. The predicted molar refractivity (Wildman–Crippen MR) is 102 cm³/mol. The van der Waals surface area contributed by atoms with E-state index in [4.69, 9.17) is 4.52 Å². The van der Waals surface area contributed by atoms with E-state index in [2.05, 4.69) is 20.6 Å². The standard InChI is InChI=1S/C20H25N5O2/c1-13-17(15(3)25(23-13)19-7-5-6-11-21-19)10-12-22-20(26)9-8-18-14(2)24-27-16(18)4/h5-7,11H,8-10,12H2,1-4H3,(H,22,26). The number of carbonyl (C=O) groups is 1. The highest BCUT2D eigenvalue weighted by Gasteiger charge is 2.14. The fraction of sp³-hybridized carbons (Fsp3) is 0.400. The Bertz CT molecular complexity index is 908. The zero-order valence-electron chi connectivity index (χ0n) is 16.2. The molecule has 3 rings (SSSR count). The highest BCUT2D eigenvalue weighted by atomic mass is 16.5. The van der Waals surface area contributed by atoms with Gasteiger partial charge < -0.3 is 9.84 Å². The molecule has 0 aliphatic heterocycles. The molecule has 0 aliphatic carbocycles. The van der Waals surface area contributed by atoms with E-state index in [9.17, 15) is 4.79 Å². The lowest BCUT2D eigenvalue weighted by Crippen LogP contribution is -2.26. The predicted octanol–water partition coefficient (Wildman–Crippen LogP) is 2.78. The molecule has 1 amide bonds. The number of carbonyl (C=O) groups excluding carboxylic acids is 1. The maximum atomic E-state index is 12.2. The van der Waals surface area contributed by atoms with Gasteiger partial charge in [0.25, 0.3) is 0 Å². The van der Waals surface area contributed by atoms with Crippen molar-refractivity contribution in [1.29, 1.82) is 0 Å². The first-order valence-corrected chi connectivity index (χ1v) is 9.12. The van der Waals surface area contributed by atoms with Crippen LogP contribution in [-0.2, 0) is 17.6 Å². The average molecular weight is 367 g/mol. The molecule has 0 saturated heterocycles. The van der Waals surface area contributed by atoms with E-state index in [0.29, 0.717) is 19.4 Å². The van der Waals surface area contributed by atoms with Crippen LogP contribution in [0.1, 0.15) is 40.4 Å². The monoisotopic (exact) mass is 367 g/mol. The van der Waals surface area contributed by atoms with Crippen molar-refractivity contribution in [3.63, 3.8) is 0 Å². The summed E-state index contributed by atoms with van der Waals surface area (Å²) in [5.74, 6) is 1.61. The quantitative estimate of drug-likeness (QED) is 0.694. The second kappa shape index (κ2) is 8.16. The molecule has 0 atom stereocenters. The van der Waals surface area contributed by atoms with E-state index in [1.54, 1.807) is 6.20 Å². The van der Waals surface area contributed by atoms with Crippen molar-refractivity contribution in [2.75, 3.05) is 6.54 Å². The van der Waals surface area contributed by atoms with E-state index in [1.807, 2.05) is 50.6 Å². The number of pyridine rings is 1. The summed E-state index contributed by atoms with van der Waals surface area (Å²) in [6.07, 6.45) is 3.56. The minimum Gasteiger partial charge on any atom is -0.361 e. The number of hydrogen-bond donors (Lipinski definition) is 1. The number of amides is 1. The zero-order valence-corrected chi connectivity index (χ0v) is 16.2. The number of nitrogens with one attached hydrogen (secondary N) is 1. The third-order valence-electron chi connectivity index (χ3n) is 4.79. The molecule has 0 fully saturated rings. The summed E-state index contributed by atoms with van der Waals surface area (Å²) in [7, 11) is 0. The Morgan fingerprint density at radius 1 is 1.11 bits per heavy atom. The van der Waals surface area contributed by atoms with Crippen LogP contribution < -0.4 is 5.32 Å². The molecule has 7 nitrogen and oxygen atoms in total. The molecule has 7 heteroatoms. The summed E-state index contributed by atoms with van der Waals surface area (Å²) in [6.45, 7) is 8.37. The molecule has 3 aromatic heterocycles. The molecule has 142 valence electrons. The van der Waals surface area contributed by atoms with Gasteiger partial charge in [0.15, 0.2) is 5.82 Å². The molecule has 3 heterocycles. The Balaban J connectivity index is 1.55. The Morgan fingerprint density at radius 3 is 2.59 bits per heavy atom. The lowest BCUT2D eigenvalue weighted by Gasteiger charge is -2.07. The van der Waals surface area contributed by atoms with Gasteiger partial charge in [0.05, 0.1) is 11.4 Å². The van der Waals surface area contributed by atoms with E-state index in [1.165, 1.54) is 0 Å². The molecule has 0 unspecified atom stereocenters. The van der Waals surface area contributed by atoms with Crippen LogP contribution in [0.15, 0.2) is 28.9 Å². The van der Waals surface area contributed by atoms with Crippen molar-refractivity contribution in [3.8, 4) is 5.82 Å². The lowest BCUT2D eigenvalue weighted by atomic mass is 10.1. The van der Waals surface area contributed by atoms with Crippen LogP contribution >= 0.6 is 0 Å². The summed E-state index contributed by atoms with van der Waals surface area (Å²) in [4.78, 5) is 16.5. The molecule has 3 aromatic rings. The van der Waals surface area contributed by atoms with Gasteiger partial charge in [-0.3, -0.25) is 4.79 Å². The fourth-order valence-electron chi connectivity index (χ4n) is 3.25. The second-order valence-corrected chi connectivity index (χ2v) is 6.65. The normalized spacial score (nSPS) is 11.0. The van der Waals surface area contributed by atoms with Crippen molar-refractivity contribution in [3.05, 3.63) is 58.4 Å². The average Bonchev–Trinajstić information content (AvgIpc) is 3.13. The first-order chi connectivity index (χ1) is 13.0. The molecule has 0 saturated carbocycles. The number of aryl methyl sites for hydroxylation is 3. The van der Waals surface area contributed by atoms with Gasteiger partial charge in [0.2, 0.25) is 5.91 Å². The molecule has 0 aromatic carbocycles. The van der Waals surface area contributed by atoms with Crippen LogP contribution in [0.3, 0.4) is 0 Å². The summed E-state index contributed by atoms with van der Waals surface area (Å²) in [5.41, 5.74) is 5.04. The smallest absolute Gasteiger partial charge is 0.220 e. The van der Waals surface area contributed by atoms with Gasteiger partial charge in [-0.25, -0.2) is 9.67 Å². The molecule has 27 heavy (non-hydrogen) atoms. The number of rotatable bonds is 7. The minimum absolute atomic E-state index is 0.0300. The van der Waals surface area contributed by atoms with Crippen molar-refractivity contribution in [2.45, 2.75) is 47.0 Å². The Labute approximate surface area is 158 Å². The molecule has 0 bridgehead atoms. The van der Waals surface area contributed by atoms with E-state index in [-0.39, 0.29) is 5.91 Å². The van der Waals surface area contributed by atoms with Gasteiger partial charge in [-0.05, 0) is 58.2 Å². The fourth-order valence-corrected chi connectivity index (χ4v) is 3.25. The number of hydrogen-bond acceptors (Lipinski definition) is 5. The van der Waals surface area contributed by atoms with E-state index in [0.717, 1.165) is 46.2 Å². The van der Waals surface area contributed by atoms with Gasteiger partial charge in [0, 0.05) is 30.4 Å². The third-order valence-corrected chi connectivity index (χ3v) is 4.79. The van der Waals surface area contributed by atoms with Crippen LogP contribution in [0.4, 0.5) is 0 Å². The van der Waals surface area contributed by atoms with Crippen molar-refractivity contribution in [1.82, 2.24) is 25.2 Å². The van der Waals surface area contributed by atoms with Crippen molar-refractivity contribution < 1.29 is 9.32 Å².